The van der Waals surface area contributed by atoms with E-state index in [4.69, 9.17) is 10.5 Å². The number of carbonyl (C=O) groups is 1. The van der Waals surface area contributed by atoms with Gasteiger partial charge in [0.05, 0.1) is 24.0 Å². The minimum Gasteiger partial charge on any atom is -0.497 e. The number of nitrogens with two attached hydrogens (primary N) is 1. The summed E-state index contributed by atoms with van der Waals surface area (Å²) in [6.07, 6.45) is -2.79. The van der Waals surface area contributed by atoms with Gasteiger partial charge in [-0.25, -0.2) is 13.8 Å². The van der Waals surface area contributed by atoms with Crippen LogP contribution in [0.1, 0.15) is 10.4 Å². The van der Waals surface area contributed by atoms with E-state index in [0.29, 0.717) is 17.1 Å². The summed E-state index contributed by atoms with van der Waals surface area (Å²) in [6, 6.07) is 7.05. The van der Waals surface area contributed by atoms with Crippen molar-refractivity contribution in [2.24, 2.45) is 0 Å². The standard InChI is InChI=1S/C16H15F4N3O3.ClH/c1-25-10-3-4-11(21)12(6-10)23-14(24)9-2-5-13(22-7-9)26-8-16(19,20)15(17)18;/h2-7,15H,8,21H2,1H3,(H,23,24);1H. The number of anilines is 2. The molecule has 0 saturated carbocycles. The molecule has 0 fully saturated rings. The van der Waals surface area contributed by atoms with Crippen LogP contribution in [0.3, 0.4) is 0 Å². The molecule has 0 aliphatic heterocycles. The number of nitrogens with zero attached hydrogens (tertiary/aromatic N) is 1. The lowest BCUT2D eigenvalue weighted by Gasteiger charge is -2.15. The number of nitrogens with one attached hydrogen (secondary N) is 1. The highest BCUT2D eigenvalue weighted by Crippen LogP contribution is 2.26. The molecule has 2 rings (SSSR count). The molecule has 11 heteroatoms. The van der Waals surface area contributed by atoms with Crippen LogP contribution < -0.4 is 20.5 Å². The van der Waals surface area contributed by atoms with Gasteiger partial charge < -0.3 is 20.5 Å². The first-order valence-corrected chi connectivity index (χ1v) is 7.22. The van der Waals surface area contributed by atoms with Gasteiger partial charge in [0.1, 0.15) is 5.75 Å². The number of alkyl halides is 4. The highest BCUT2D eigenvalue weighted by Gasteiger charge is 2.41. The van der Waals surface area contributed by atoms with Crippen molar-refractivity contribution in [1.29, 1.82) is 0 Å². The second-order valence-corrected chi connectivity index (χ2v) is 5.14. The number of hydrogen-bond acceptors (Lipinski definition) is 5. The summed E-state index contributed by atoms with van der Waals surface area (Å²) in [5.41, 5.74) is 6.46. The molecule has 1 heterocycles. The molecule has 0 radical (unpaired) electrons. The Morgan fingerprint density at radius 3 is 2.56 bits per heavy atom. The topological polar surface area (TPSA) is 86.5 Å². The Bertz CT molecular complexity index is 776. The molecular weight excluding hydrogens is 394 g/mol. The molecule has 0 aliphatic carbocycles. The number of methoxy groups -OCH3 is 1. The highest BCUT2D eigenvalue weighted by atomic mass is 35.5. The summed E-state index contributed by atoms with van der Waals surface area (Å²) in [6.45, 7) is -1.52. The Balaban J connectivity index is 0.00000364. The fourth-order valence-corrected chi connectivity index (χ4v) is 1.80. The van der Waals surface area contributed by atoms with Crippen LogP contribution in [0.2, 0.25) is 0 Å². The quantitative estimate of drug-likeness (QED) is 0.538. The molecule has 0 saturated heterocycles. The fourth-order valence-electron chi connectivity index (χ4n) is 1.80. The van der Waals surface area contributed by atoms with E-state index >= 15 is 0 Å². The lowest BCUT2D eigenvalue weighted by Crippen LogP contribution is -2.33. The molecule has 0 unspecified atom stereocenters. The van der Waals surface area contributed by atoms with Crippen LogP contribution in [0.4, 0.5) is 28.9 Å². The van der Waals surface area contributed by atoms with Gasteiger partial charge in [0.25, 0.3) is 5.91 Å². The second kappa shape index (κ2) is 9.26. The predicted octanol–water partition coefficient (Wildman–Crippen LogP) is 3.63. The summed E-state index contributed by atoms with van der Waals surface area (Å²) in [7, 11) is 1.46. The van der Waals surface area contributed by atoms with E-state index in [1.54, 1.807) is 12.1 Å². The minimum absolute atomic E-state index is 0. The van der Waals surface area contributed by atoms with Gasteiger partial charge in [0, 0.05) is 18.3 Å². The Labute approximate surface area is 158 Å². The molecule has 1 aromatic carbocycles. The third kappa shape index (κ3) is 5.88. The molecule has 1 aromatic heterocycles. The van der Waals surface area contributed by atoms with Crippen LogP contribution in [0.15, 0.2) is 36.5 Å². The van der Waals surface area contributed by atoms with Crippen molar-refractivity contribution in [3.05, 3.63) is 42.1 Å². The van der Waals surface area contributed by atoms with Gasteiger partial charge in [0.2, 0.25) is 5.88 Å². The summed E-state index contributed by atoms with van der Waals surface area (Å²) in [4.78, 5) is 15.8. The molecule has 6 nitrogen and oxygen atoms in total. The molecule has 2 aromatic rings. The molecule has 0 bridgehead atoms. The van der Waals surface area contributed by atoms with E-state index in [-0.39, 0.29) is 23.9 Å². The largest absolute Gasteiger partial charge is 0.497 e. The summed E-state index contributed by atoms with van der Waals surface area (Å²) in [5, 5.41) is 2.55. The van der Waals surface area contributed by atoms with E-state index in [1.165, 1.54) is 19.2 Å². The van der Waals surface area contributed by atoms with Crippen LogP contribution in [0.25, 0.3) is 0 Å². The third-order valence-electron chi connectivity index (χ3n) is 3.24. The number of ether oxygens (including phenoxy) is 2. The summed E-state index contributed by atoms with van der Waals surface area (Å²) in [5.74, 6) is -4.69. The van der Waals surface area contributed by atoms with E-state index in [1.807, 2.05) is 0 Å². The third-order valence-corrected chi connectivity index (χ3v) is 3.24. The Hall–Kier alpha value is -2.75. The number of pyridine rings is 1. The van der Waals surface area contributed by atoms with Crippen molar-refractivity contribution in [1.82, 2.24) is 4.98 Å². The maximum atomic E-state index is 12.8. The Morgan fingerprint density at radius 1 is 1.30 bits per heavy atom. The fraction of sp³-hybridized carbons (Fsp3) is 0.250. The van der Waals surface area contributed by atoms with Crippen molar-refractivity contribution in [2.45, 2.75) is 12.3 Å². The van der Waals surface area contributed by atoms with Gasteiger partial charge in [-0.3, -0.25) is 4.79 Å². The van der Waals surface area contributed by atoms with Crippen molar-refractivity contribution in [3.63, 3.8) is 0 Å². The zero-order valence-corrected chi connectivity index (χ0v) is 14.7. The normalized spacial score (nSPS) is 10.9. The molecule has 1 amide bonds. The second-order valence-electron chi connectivity index (χ2n) is 5.14. The van der Waals surface area contributed by atoms with Gasteiger partial charge in [-0.1, -0.05) is 0 Å². The highest BCUT2D eigenvalue weighted by molar-refractivity contribution is 6.05. The molecule has 0 aliphatic rings. The van der Waals surface area contributed by atoms with Crippen LogP contribution in [-0.2, 0) is 0 Å². The predicted molar refractivity (Wildman–Crippen MR) is 93.3 cm³/mol. The maximum absolute atomic E-state index is 12.8. The van der Waals surface area contributed by atoms with Crippen LogP contribution in [0, 0.1) is 0 Å². The molecule has 0 atom stereocenters. The smallest absolute Gasteiger partial charge is 0.340 e. The van der Waals surface area contributed by atoms with Crippen molar-refractivity contribution < 1.29 is 31.8 Å². The monoisotopic (exact) mass is 409 g/mol. The van der Waals surface area contributed by atoms with Crippen molar-refractivity contribution in [3.8, 4) is 11.6 Å². The Morgan fingerprint density at radius 2 is 2.00 bits per heavy atom. The number of rotatable bonds is 7. The number of nitrogen functional groups attached to an aromatic ring is 1. The van der Waals surface area contributed by atoms with Crippen LogP contribution in [-0.4, -0.2) is 37.0 Å². The van der Waals surface area contributed by atoms with Crippen LogP contribution >= 0.6 is 12.4 Å². The number of benzene rings is 1. The minimum atomic E-state index is -4.29. The van der Waals surface area contributed by atoms with E-state index in [2.05, 4.69) is 15.0 Å². The molecular formula is C16H16ClF4N3O3. The van der Waals surface area contributed by atoms with Crippen molar-refractivity contribution in [2.75, 3.05) is 24.8 Å². The molecule has 0 spiro atoms. The average Bonchev–Trinajstić information content (AvgIpc) is 2.62. The molecule has 148 valence electrons. The van der Waals surface area contributed by atoms with E-state index in [9.17, 15) is 22.4 Å². The zero-order chi connectivity index (χ0) is 19.3. The number of amides is 1. The first-order chi connectivity index (χ1) is 12.2. The Kier molecular flexibility index (Phi) is 7.65. The average molecular weight is 410 g/mol. The van der Waals surface area contributed by atoms with Gasteiger partial charge in [0.15, 0.2) is 6.61 Å². The van der Waals surface area contributed by atoms with E-state index in [0.717, 1.165) is 12.3 Å². The maximum Gasteiger partial charge on any atom is 0.340 e. The number of hydrogen-bond donors (Lipinski definition) is 2. The lowest BCUT2D eigenvalue weighted by atomic mass is 10.2. The first-order valence-electron chi connectivity index (χ1n) is 7.22. The zero-order valence-electron chi connectivity index (χ0n) is 13.9. The summed E-state index contributed by atoms with van der Waals surface area (Å²) < 4.78 is 59.3. The SMILES string of the molecule is COc1ccc(N)c(NC(=O)c2ccc(OCC(F)(F)C(F)F)nc2)c1.Cl. The van der Waals surface area contributed by atoms with Gasteiger partial charge in [-0.2, -0.15) is 8.78 Å². The van der Waals surface area contributed by atoms with Crippen molar-refractivity contribution >= 4 is 29.7 Å². The van der Waals surface area contributed by atoms with E-state index < -0.39 is 24.9 Å². The number of aromatic nitrogens is 1. The number of carbonyl (C=O) groups excluding carboxylic acids is 1. The van der Waals surface area contributed by atoms with Gasteiger partial charge in [-0.15, -0.1) is 12.4 Å². The lowest BCUT2D eigenvalue weighted by molar-refractivity contribution is -0.148. The first kappa shape index (κ1) is 22.3. The van der Waals surface area contributed by atoms with Gasteiger partial charge in [-0.05, 0) is 18.2 Å². The van der Waals surface area contributed by atoms with Gasteiger partial charge >= 0.3 is 12.3 Å². The number of halogens is 5. The van der Waals surface area contributed by atoms with Crippen LogP contribution in [0.5, 0.6) is 11.6 Å². The summed E-state index contributed by atoms with van der Waals surface area (Å²) >= 11 is 0. The molecule has 3 N–H and O–H groups in total. The molecule has 27 heavy (non-hydrogen) atoms.